The zero-order chi connectivity index (χ0) is 17.1. The number of hydrogen-bond acceptors (Lipinski definition) is 5. The summed E-state index contributed by atoms with van der Waals surface area (Å²) in [5.41, 5.74) is 4.90. The molecule has 0 bridgehead atoms. The normalized spacial score (nSPS) is 12.5. The average Bonchev–Trinajstić information content (AvgIpc) is 3.02. The first-order valence-corrected chi connectivity index (χ1v) is 8.04. The van der Waals surface area contributed by atoms with E-state index in [9.17, 15) is 4.79 Å². The van der Waals surface area contributed by atoms with Crippen LogP contribution in [0.5, 0.6) is 11.5 Å². The fraction of sp³-hybridized carbons (Fsp3) is 0.176. The number of halogens is 1. The molecule has 0 radical (unpaired) electrons. The predicted octanol–water partition coefficient (Wildman–Crippen LogP) is 3.01. The smallest absolute Gasteiger partial charge is 0.271 e. The summed E-state index contributed by atoms with van der Waals surface area (Å²) >= 11 is 3.52. The molecular weight excluding hydrogens is 374 g/mol. The quantitative estimate of drug-likeness (QED) is 0.644. The molecule has 6 nitrogen and oxygen atoms in total. The van der Waals surface area contributed by atoms with Gasteiger partial charge in [0.05, 0.1) is 11.9 Å². The summed E-state index contributed by atoms with van der Waals surface area (Å²) in [6, 6.07) is 10.8. The van der Waals surface area contributed by atoms with Crippen LogP contribution in [0.4, 0.5) is 5.69 Å². The lowest BCUT2D eigenvalue weighted by Crippen LogP contribution is -2.17. The summed E-state index contributed by atoms with van der Waals surface area (Å²) in [5.74, 6) is 0.893. The zero-order valence-corrected chi connectivity index (χ0v) is 14.8. The second-order valence-electron chi connectivity index (χ2n) is 5.37. The second-order valence-corrected chi connectivity index (χ2v) is 6.23. The Hall–Kier alpha value is -2.54. The van der Waals surface area contributed by atoms with Crippen LogP contribution in [0.15, 0.2) is 46.0 Å². The van der Waals surface area contributed by atoms with Gasteiger partial charge in [0.15, 0.2) is 11.5 Å². The molecule has 0 aromatic heterocycles. The number of ether oxygens (including phenoxy) is 2. The Kier molecular flexibility index (Phi) is 4.71. The van der Waals surface area contributed by atoms with E-state index in [1.165, 1.54) is 0 Å². The third-order valence-corrected chi connectivity index (χ3v) is 4.10. The zero-order valence-electron chi connectivity index (χ0n) is 13.2. The summed E-state index contributed by atoms with van der Waals surface area (Å²) in [7, 11) is 3.94. The molecule has 1 aliphatic heterocycles. The van der Waals surface area contributed by atoms with Crippen molar-refractivity contribution in [1.29, 1.82) is 0 Å². The van der Waals surface area contributed by atoms with Gasteiger partial charge in [0, 0.05) is 24.1 Å². The Morgan fingerprint density at radius 2 is 2.00 bits per heavy atom. The van der Waals surface area contributed by atoms with E-state index >= 15 is 0 Å². The van der Waals surface area contributed by atoms with E-state index in [2.05, 4.69) is 26.5 Å². The minimum absolute atomic E-state index is 0.177. The Labute approximate surface area is 148 Å². The van der Waals surface area contributed by atoms with Crippen molar-refractivity contribution in [2.45, 2.75) is 0 Å². The second kappa shape index (κ2) is 6.92. The first-order valence-electron chi connectivity index (χ1n) is 7.24. The van der Waals surface area contributed by atoms with E-state index in [1.54, 1.807) is 24.4 Å². The van der Waals surface area contributed by atoms with Crippen LogP contribution in [-0.2, 0) is 0 Å². The molecule has 1 N–H and O–H groups in total. The minimum Gasteiger partial charge on any atom is -0.454 e. The van der Waals surface area contributed by atoms with E-state index in [1.807, 2.05) is 37.2 Å². The van der Waals surface area contributed by atoms with Gasteiger partial charge in [-0.2, -0.15) is 5.10 Å². The number of hydrazone groups is 1. The Bertz CT molecular complexity index is 806. The highest BCUT2D eigenvalue weighted by Gasteiger charge is 2.15. The molecule has 1 amide bonds. The van der Waals surface area contributed by atoms with Gasteiger partial charge in [-0.05, 0) is 51.8 Å². The van der Waals surface area contributed by atoms with E-state index in [0.29, 0.717) is 17.1 Å². The van der Waals surface area contributed by atoms with Crippen LogP contribution in [0.3, 0.4) is 0 Å². The monoisotopic (exact) mass is 389 g/mol. The molecule has 0 saturated carbocycles. The summed E-state index contributed by atoms with van der Waals surface area (Å²) in [6.07, 6.45) is 1.59. The highest BCUT2D eigenvalue weighted by Crippen LogP contribution is 2.32. The molecular formula is C17H16BrN3O3. The number of carbonyl (C=O) groups excluding carboxylic acids is 1. The van der Waals surface area contributed by atoms with Crippen molar-refractivity contribution in [3.8, 4) is 11.5 Å². The van der Waals surface area contributed by atoms with Gasteiger partial charge in [0.2, 0.25) is 6.79 Å². The maximum atomic E-state index is 12.1. The van der Waals surface area contributed by atoms with E-state index in [-0.39, 0.29) is 12.7 Å². The van der Waals surface area contributed by atoms with Crippen molar-refractivity contribution in [1.82, 2.24) is 5.43 Å². The number of rotatable bonds is 4. The molecule has 0 spiro atoms. The standard InChI is InChI=1S/C17H16BrN3O3/c1-21(2)14-5-3-11(7-13(14)18)9-19-20-17(22)12-4-6-15-16(8-12)24-10-23-15/h3-9H,10H2,1-2H3,(H,20,22). The first kappa shape index (κ1) is 16.3. The van der Waals surface area contributed by atoms with E-state index < -0.39 is 0 Å². The van der Waals surface area contributed by atoms with Crippen molar-refractivity contribution in [2.75, 3.05) is 25.8 Å². The summed E-state index contributed by atoms with van der Waals surface area (Å²) in [4.78, 5) is 14.1. The van der Waals surface area contributed by atoms with Gasteiger partial charge in [0.1, 0.15) is 0 Å². The van der Waals surface area contributed by atoms with Crippen LogP contribution >= 0.6 is 15.9 Å². The predicted molar refractivity (Wildman–Crippen MR) is 96.1 cm³/mol. The molecule has 2 aromatic carbocycles. The molecule has 0 fully saturated rings. The van der Waals surface area contributed by atoms with Crippen LogP contribution in [-0.4, -0.2) is 33.0 Å². The number of nitrogens with one attached hydrogen (secondary N) is 1. The van der Waals surface area contributed by atoms with Gasteiger partial charge >= 0.3 is 0 Å². The van der Waals surface area contributed by atoms with Gasteiger partial charge in [-0.15, -0.1) is 0 Å². The Morgan fingerprint density at radius 1 is 1.21 bits per heavy atom. The molecule has 0 unspecified atom stereocenters. The minimum atomic E-state index is -0.312. The summed E-state index contributed by atoms with van der Waals surface area (Å²) < 4.78 is 11.4. The molecule has 0 saturated heterocycles. The third kappa shape index (κ3) is 3.51. The molecule has 0 atom stereocenters. The molecule has 1 aliphatic rings. The van der Waals surface area contributed by atoms with Gasteiger partial charge in [0.25, 0.3) is 5.91 Å². The van der Waals surface area contributed by atoms with Crippen molar-refractivity contribution in [3.05, 3.63) is 52.0 Å². The van der Waals surface area contributed by atoms with Gasteiger partial charge in [-0.1, -0.05) is 6.07 Å². The molecule has 24 heavy (non-hydrogen) atoms. The number of hydrogen-bond donors (Lipinski definition) is 1. The maximum absolute atomic E-state index is 12.1. The fourth-order valence-corrected chi connectivity index (χ4v) is 2.99. The molecule has 7 heteroatoms. The van der Waals surface area contributed by atoms with Crippen molar-refractivity contribution in [2.24, 2.45) is 5.10 Å². The van der Waals surface area contributed by atoms with Crippen LogP contribution < -0.4 is 19.8 Å². The number of fused-ring (bicyclic) bond motifs is 1. The maximum Gasteiger partial charge on any atom is 0.271 e. The molecule has 2 aromatic rings. The number of carbonyl (C=O) groups is 1. The SMILES string of the molecule is CN(C)c1ccc(C=NNC(=O)c2ccc3c(c2)OCO3)cc1Br. The topological polar surface area (TPSA) is 63.2 Å². The lowest BCUT2D eigenvalue weighted by molar-refractivity contribution is 0.0954. The lowest BCUT2D eigenvalue weighted by Gasteiger charge is -2.14. The highest BCUT2D eigenvalue weighted by molar-refractivity contribution is 9.10. The van der Waals surface area contributed by atoms with E-state index in [0.717, 1.165) is 15.7 Å². The lowest BCUT2D eigenvalue weighted by atomic mass is 10.2. The average molecular weight is 390 g/mol. The van der Waals surface area contributed by atoms with Crippen LogP contribution in [0.2, 0.25) is 0 Å². The van der Waals surface area contributed by atoms with Crippen molar-refractivity contribution < 1.29 is 14.3 Å². The molecule has 0 aliphatic carbocycles. The van der Waals surface area contributed by atoms with Gasteiger partial charge < -0.3 is 14.4 Å². The summed E-state index contributed by atoms with van der Waals surface area (Å²) in [6.45, 7) is 0.177. The molecule has 3 rings (SSSR count). The third-order valence-electron chi connectivity index (χ3n) is 3.47. The van der Waals surface area contributed by atoms with Crippen molar-refractivity contribution >= 4 is 33.7 Å². The van der Waals surface area contributed by atoms with Crippen LogP contribution in [0, 0.1) is 0 Å². The Balaban J connectivity index is 1.65. The Morgan fingerprint density at radius 3 is 2.75 bits per heavy atom. The molecule has 124 valence electrons. The summed E-state index contributed by atoms with van der Waals surface area (Å²) in [5, 5.41) is 4.00. The largest absolute Gasteiger partial charge is 0.454 e. The fourth-order valence-electron chi connectivity index (χ4n) is 2.23. The highest BCUT2D eigenvalue weighted by atomic mass is 79.9. The number of anilines is 1. The van der Waals surface area contributed by atoms with Crippen LogP contribution in [0.1, 0.15) is 15.9 Å². The number of benzene rings is 2. The van der Waals surface area contributed by atoms with Gasteiger partial charge in [-0.3, -0.25) is 4.79 Å². The first-order chi connectivity index (χ1) is 11.5. The number of nitrogens with zero attached hydrogens (tertiary/aromatic N) is 2. The van der Waals surface area contributed by atoms with E-state index in [4.69, 9.17) is 9.47 Å². The molecule has 1 heterocycles. The van der Waals surface area contributed by atoms with Gasteiger partial charge in [-0.25, -0.2) is 5.43 Å². The van der Waals surface area contributed by atoms with Crippen LogP contribution in [0.25, 0.3) is 0 Å². The van der Waals surface area contributed by atoms with Crippen molar-refractivity contribution in [3.63, 3.8) is 0 Å². The number of amides is 1.